The first-order valence-corrected chi connectivity index (χ1v) is 5.59. The fraction of sp³-hybridized carbons (Fsp3) is 0.167. The van der Waals surface area contributed by atoms with Crippen molar-refractivity contribution in [1.29, 1.82) is 0 Å². The van der Waals surface area contributed by atoms with Gasteiger partial charge in [-0.2, -0.15) is 5.10 Å². The van der Waals surface area contributed by atoms with Gasteiger partial charge in [0.1, 0.15) is 0 Å². The van der Waals surface area contributed by atoms with Gasteiger partial charge in [-0.15, -0.1) is 0 Å². The van der Waals surface area contributed by atoms with Gasteiger partial charge in [0.15, 0.2) is 0 Å². The Kier molecular flexibility index (Phi) is 3.56. The zero-order valence-corrected chi connectivity index (χ0v) is 10.2. The summed E-state index contributed by atoms with van der Waals surface area (Å²) in [5.41, 5.74) is 0.0885. The number of H-pyrrole nitrogens is 2. The maximum atomic E-state index is 11.7. The largest absolute Gasteiger partial charge is 0.346 e. The quantitative estimate of drug-likeness (QED) is 0.703. The predicted molar refractivity (Wildman–Crippen MR) is 67.8 cm³/mol. The third kappa shape index (κ3) is 3.15. The molecule has 0 saturated heterocycles. The molecule has 0 saturated carbocycles. The third-order valence-corrected chi connectivity index (χ3v) is 2.50. The summed E-state index contributed by atoms with van der Waals surface area (Å²) in [6.07, 6.45) is 0. The first-order valence-electron chi connectivity index (χ1n) is 5.59. The number of nitrogens with zero attached hydrogens (tertiary/aromatic N) is 1. The predicted octanol–water partition coefficient (Wildman–Crippen LogP) is -0.303. The number of aromatic nitrogens is 3. The molecule has 2 aromatic rings. The molecule has 0 aliphatic carbocycles. The van der Waals surface area contributed by atoms with Gasteiger partial charge in [-0.3, -0.25) is 14.6 Å². The number of amides is 1. The molecule has 7 heteroatoms. The van der Waals surface area contributed by atoms with E-state index in [1.54, 1.807) is 0 Å². The van der Waals surface area contributed by atoms with Crippen LogP contribution in [0.4, 0.5) is 0 Å². The average Bonchev–Trinajstić information content (AvgIpc) is 2.37. The highest BCUT2D eigenvalue weighted by molar-refractivity contribution is 5.91. The molecule has 0 aliphatic rings. The Balaban J connectivity index is 2.07. The normalized spacial score (nSPS) is 10.2. The summed E-state index contributed by atoms with van der Waals surface area (Å²) >= 11 is 0. The van der Waals surface area contributed by atoms with Crippen LogP contribution in [0.3, 0.4) is 0 Å². The smallest absolute Gasteiger partial charge is 0.342 e. The van der Waals surface area contributed by atoms with E-state index in [1.165, 1.54) is 0 Å². The molecular formula is C12H12N4O3. The lowest BCUT2D eigenvalue weighted by Gasteiger charge is -2.04. The summed E-state index contributed by atoms with van der Waals surface area (Å²) in [4.78, 5) is 35.7. The summed E-state index contributed by atoms with van der Waals surface area (Å²) in [6, 6.07) is 7.60. The lowest BCUT2D eigenvalue weighted by atomic mass is 10.1. The van der Waals surface area contributed by atoms with Crippen LogP contribution < -0.4 is 16.6 Å². The number of carbonyl (C=O) groups is 1. The summed E-state index contributed by atoms with van der Waals surface area (Å²) in [5, 5.41) is 7.97. The molecule has 1 amide bonds. The van der Waals surface area contributed by atoms with E-state index in [2.05, 4.69) is 10.4 Å². The fourth-order valence-corrected chi connectivity index (χ4v) is 1.47. The first-order chi connectivity index (χ1) is 9.06. The Morgan fingerprint density at radius 2 is 1.95 bits per heavy atom. The molecule has 3 N–H and O–H groups in total. The molecule has 0 aliphatic heterocycles. The summed E-state index contributed by atoms with van der Waals surface area (Å²) < 4.78 is 0. The highest BCUT2D eigenvalue weighted by Crippen LogP contribution is 2.02. The van der Waals surface area contributed by atoms with E-state index in [0.29, 0.717) is 0 Å². The van der Waals surface area contributed by atoms with Crippen molar-refractivity contribution in [1.82, 2.24) is 20.5 Å². The number of rotatable bonds is 3. The molecule has 0 unspecified atom stereocenters. The van der Waals surface area contributed by atoms with Crippen LogP contribution >= 0.6 is 0 Å². The van der Waals surface area contributed by atoms with Gasteiger partial charge in [0.2, 0.25) is 5.69 Å². The van der Waals surface area contributed by atoms with E-state index in [1.807, 2.05) is 41.3 Å². The third-order valence-electron chi connectivity index (χ3n) is 2.50. The van der Waals surface area contributed by atoms with E-state index >= 15 is 0 Å². The maximum absolute atomic E-state index is 11.7. The second kappa shape index (κ2) is 5.30. The Hall–Kier alpha value is -2.70. The Morgan fingerprint density at radius 3 is 2.58 bits per heavy atom. The minimum Gasteiger partial charge on any atom is -0.346 e. The van der Waals surface area contributed by atoms with Crippen molar-refractivity contribution in [3.63, 3.8) is 0 Å². The second-order valence-corrected chi connectivity index (χ2v) is 4.02. The van der Waals surface area contributed by atoms with Gasteiger partial charge in [0.25, 0.3) is 11.5 Å². The number of carbonyl (C=O) groups excluding carboxylic acids is 1. The molecule has 1 heterocycles. The molecule has 0 fully saturated rings. The Labute approximate surface area is 107 Å². The van der Waals surface area contributed by atoms with Crippen molar-refractivity contribution in [3.05, 3.63) is 61.9 Å². The van der Waals surface area contributed by atoms with E-state index in [0.717, 1.165) is 11.1 Å². The average molecular weight is 260 g/mol. The van der Waals surface area contributed by atoms with Gasteiger partial charge in [0, 0.05) is 6.54 Å². The number of hydrogen-bond donors (Lipinski definition) is 3. The molecule has 1 aromatic heterocycles. The minimum atomic E-state index is -0.815. The van der Waals surface area contributed by atoms with Crippen molar-refractivity contribution in [2.75, 3.05) is 0 Å². The maximum Gasteiger partial charge on any atom is 0.342 e. The van der Waals surface area contributed by atoms with Gasteiger partial charge in [-0.05, 0) is 12.5 Å². The summed E-state index contributed by atoms with van der Waals surface area (Å²) in [6.45, 7) is 2.24. The SMILES string of the molecule is Cc1ccc(CNC(=O)c2n[nH]c(=O)[nH]c2=O)cc1. The van der Waals surface area contributed by atoms with Crippen LogP contribution in [0.1, 0.15) is 21.6 Å². The van der Waals surface area contributed by atoms with Crippen LogP contribution in [0.5, 0.6) is 0 Å². The lowest BCUT2D eigenvalue weighted by molar-refractivity contribution is 0.0943. The minimum absolute atomic E-state index is 0.277. The molecule has 0 radical (unpaired) electrons. The van der Waals surface area contributed by atoms with Crippen LogP contribution in [0.2, 0.25) is 0 Å². The molecule has 7 nitrogen and oxygen atoms in total. The molecule has 0 spiro atoms. The molecule has 98 valence electrons. The molecule has 19 heavy (non-hydrogen) atoms. The van der Waals surface area contributed by atoms with Crippen LogP contribution in [0.15, 0.2) is 33.9 Å². The number of hydrogen-bond acceptors (Lipinski definition) is 4. The zero-order chi connectivity index (χ0) is 13.8. The van der Waals surface area contributed by atoms with Crippen molar-refractivity contribution in [2.45, 2.75) is 13.5 Å². The van der Waals surface area contributed by atoms with Crippen molar-refractivity contribution < 1.29 is 4.79 Å². The van der Waals surface area contributed by atoms with Crippen LogP contribution in [0, 0.1) is 6.92 Å². The highest BCUT2D eigenvalue weighted by atomic mass is 16.2. The fourth-order valence-electron chi connectivity index (χ4n) is 1.47. The Morgan fingerprint density at radius 1 is 1.26 bits per heavy atom. The zero-order valence-electron chi connectivity index (χ0n) is 10.2. The number of benzene rings is 1. The molecule has 1 aromatic carbocycles. The first kappa shape index (κ1) is 12.7. The molecule has 2 rings (SSSR count). The van der Waals surface area contributed by atoms with E-state index in [9.17, 15) is 14.4 Å². The van der Waals surface area contributed by atoms with E-state index in [4.69, 9.17) is 0 Å². The lowest BCUT2D eigenvalue weighted by Crippen LogP contribution is -2.35. The van der Waals surface area contributed by atoms with Gasteiger partial charge in [0.05, 0.1) is 0 Å². The topological polar surface area (TPSA) is 108 Å². The Bertz CT molecular complexity index is 700. The molecular weight excluding hydrogens is 248 g/mol. The molecule has 0 atom stereocenters. The monoisotopic (exact) mass is 260 g/mol. The number of aromatic amines is 2. The molecule has 0 bridgehead atoms. The van der Waals surface area contributed by atoms with Crippen LogP contribution in [0.25, 0.3) is 0 Å². The second-order valence-electron chi connectivity index (χ2n) is 4.02. The summed E-state index contributed by atoms with van der Waals surface area (Å²) in [5.74, 6) is -0.641. The number of aryl methyl sites for hydroxylation is 1. The van der Waals surface area contributed by atoms with Gasteiger partial charge in [-0.1, -0.05) is 29.8 Å². The van der Waals surface area contributed by atoms with Gasteiger partial charge in [-0.25, -0.2) is 9.89 Å². The standard InChI is InChI=1S/C12H12N4O3/c1-7-2-4-8(5-3-7)6-13-10(17)9-11(18)14-12(19)16-15-9/h2-5H,6H2,1H3,(H,13,17)(H2,14,16,18,19). The van der Waals surface area contributed by atoms with Crippen molar-refractivity contribution in [3.8, 4) is 0 Å². The van der Waals surface area contributed by atoms with Gasteiger partial charge >= 0.3 is 5.69 Å². The van der Waals surface area contributed by atoms with E-state index in [-0.39, 0.29) is 12.2 Å². The van der Waals surface area contributed by atoms with Crippen LogP contribution in [-0.4, -0.2) is 21.1 Å². The van der Waals surface area contributed by atoms with Gasteiger partial charge < -0.3 is 5.32 Å². The number of nitrogens with one attached hydrogen (secondary N) is 3. The van der Waals surface area contributed by atoms with E-state index < -0.39 is 17.2 Å². The van der Waals surface area contributed by atoms with Crippen molar-refractivity contribution >= 4 is 5.91 Å². The summed E-state index contributed by atoms with van der Waals surface area (Å²) in [7, 11) is 0. The van der Waals surface area contributed by atoms with Crippen LogP contribution in [-0.2, 0) is 6.54 Å². The van der Waals surface area contributed by atoms with Crippen molar-refractivity contribution in [2.24, 2.45) is 0 Å². The highest BCUT2D eigenvalue weighted by Gasteiger charge is 2.12.